The molecule has 0 spiro atoms. The summed E-state index contributed by atoms with van der Waals surface area (Å²) in [6, 6.07) is 12.6. The van der Waals surface area contributed by atoms with Crippen LogP contribution in [0.25, 0.3) is 22.2 Å². The van der Waals surface area contributed by atoms with Gasteiger partial charge in [0.15, 0.2) is 6.29 Å². The first-order valence-corrected chi connectivity index (χ1v) is 8.89. The van der Waals surface area contributed by atoms with Gasteiger partial charge in [-0.2, -0.15) is 0 Å². The van der Waals surface area contributed by atoms with Crippen molar-refractivity contribution in [1.29, 1.82) is 0 Å². The summed E-state index contributed by atoms with van der Waals surface area (Å²) < 4.78 is 25.8. The van der Waals surface area contributed by atoms with E-state index in [2.05, 4.69) is 4.98 Å². The van der Waals surface area contributed by atoms with Crippen LogP contribution in [0.3, 0.4) is 0 Å². The van der Waals surface area contributed by atoms with Gasteiger partial charge in [0.25, 0.3) is 0 Å². The number of rotatable bonds is 4. The van der Waals surface area contributed by atoms with Gasteiger partial charge < -0.3 is 4.98 Å². The first-order chi connectivity index (χ1) is 11.3. The number of sulfonamides is 1. The molecule has 0 bridgehead atoms. The fraction of sp³-hybridized carbons (Fsp3) is 0.167. The molecule has 0 aliphatic heterocycles. The van der Waals surface area contributed by atoms with Crippen molar-refractivity contribution < 1.29 is 13.2 Å². The number of fused-ring (bicyclic) bond motifs is 1. The zero-order valence-corrected chi connectivity index (χ0v) is 14.5. The summed E-state index contributed by atoms with van der Waals surface area (Å²) >= 11 is 0. The van der Waals surface area contributed by atoms with E-state index in [0.29, 0.717) is 16.6 Å². The van der Waals surface area contributed by atoms with Crippen LogP contribution in [0.5, 0.6) is 0 Å². The van der Waals surface area contributed by atoms with E-state index in [1.165, 1.54) is 14.1 Å². The fourth-order valence-corrected chi connectivity index (χ4v) is 3.56. The molecule has 0 amide bonds. The zero-order chi connectivity index (χ0) is 17.5. The van der Waals surface area contributed by atoms with E-state index in [4.69, 9.17) is 0 Å². The number of H-pyrrole nitrogens is 1. The highest BCUT2D eigenvalue weighted by molar-refractivity contribution is 7.89. The summed E-state index contributed by atoms with van der Waals surface area (Å²) in [6.07, 6.45) is 0.764. The molecule has 0 radical (unpaired) electrons. The summed E-state index contributed by atoms with van der Waals surface area (Å²) in [5.74, 6) is 0. The third-order valence-corrected chi connectivity index (χ3v) is 5.86. The van der Waals surface area contributed by atoms with Gasteiger partial charge in [-0.3, -0.25) is 4.79 Å². The average molecular weight is 342 g/mol. The Bertz CT molecular complexity index is 1020. The van der Waals surface area contributed by atoms with Crippen LogP contribution in [0.15, 0.2) is 47.4 Å². The van der Waals surface area contributed by atoms with Gasteiger partial charge in [0, 0.05) is 30.6 Å². The van der Waals surface area contributed by atoms with Crippen molar-refractivity contribution in [2.45, 2.75) is 11.8 Å². The van der Waals surface area contributed by atoms with Crippen LogP contribution >= 0.6 is 0 Å². The molecule has 0 unspecified atom stereocenters. The Morgan fingerprint density at radius 3 is 2.29 bits per heavy atom. The monoisotopic (exact) mass is 342 g/mol. The molecule has 0 saturated heterocycles. The lowest BCUT2D eigenvalue weighted by Gasteiger charge is -2.11. The zero-order valence-electron chi connectivity index (χ0n) is 13.7. The molecule has 0 saturated carbocycles. The third kappa shape index (κ3) is 2.64. The van der Waals surface area contributed by atoms with Crippen molar-refractivity contribution in [1.82, 2.24) is 9.29 Å². The topological polar surface area (TPSA) is 70.2 Å². The van der Waals surface area contributed by atoms with Crippen LogP contribution in [0.4, 0.5) is 0 Å². The molecule has 24 heavy (non-hydrogen) atoms. The lowest BCUT2D eigenvalue weighted by molar-refractivity contribution is 0.112. The molecule has 124 valence electrons. The quantitative estimate of drug-likeness (QED) is 0.740. The Hall–Kier alpha value is -2.44. The number of aldehydes is 1. The van der Waals surface area contributed by atoms with Crippen molar-refractivity contribution in [3.05, 3.63) is 53.6 Å². The largest absolute Gasteiger partial charge is 0.354 e. The van der Waals surface area contributed by atoms with Gasteiger partial charge in [0.05, 0.1) is 10.6 Å². The van der Waals surface area contributed by atoms with E-state index < -0.39 is 10.0 Å². The number of hydrogen-bond acceptors (Lipinski definition) is 3. The Morgan fingerprint density at radius 1 is 1.04 bits per heavy atom. The highest BCUT2D eigenvalue weighted by atomic mass is 32.2. The molecular formula is C18H18N2O3S. The fourth-order valence-electron chi connectivity index (χ4n) is 2.63. The highest BCUT2D eigenvalue weighted by Gasteiger charge is 2.20. The second-order valence-corrected chi connectivity index (χ2v) is 8.04. The van der Waals surface area contributed by atoms with E-state index in [-0.39, 0.29) is 4.90 Å². The maximum absolute atomic E-state index is 12.3. The maximum atomic E-state index is 12.3. The molecule has 3 rings (SSSR count). The van der Waals surface area contributed by atoms with Gasteiger partial charge in [-0.15, -0.1) is 0 Å². The second kappa shape index (κ2) is 5.89. The minimum Gasteiger partial charge on any atom is -0.354 e. The normalized spacial score (nSPS) is 12.0. The van der Waals surface area contributed by atoms with Crippen molar-refractivity contribution in [3.8, 4) is 11.3 Å². The van der Waals surface area contributed by atoms with Gasteiger partial charge in [-0.1, -0.05) is 29.8 Å². The molecular weight excluding hydrogens is 324 g/mol. The van der Waals surface area contributed by atoms with Gasteiger partial charge >= 0.3 is 0 Å². The summed E-state index contributed by atoms with van der Waals surface area (Å²) in [4.78, 5) is 15.0. The smallest absolute Gasteiger partial charge is 0.242 e. The lowest BCUT2D eigenvalue weighted by Crippen LogP contribution is -2.22. The molecule has 0 aliphatic rings. The van der Waals surface area contributed by atoms with E-state index in [1.807, 2.05) is 31.2 Å². The van der Waals surface area contributed by atoms with Gasteiger partial charge in [-0.05, 0) is 30.7 Å². The summed E-state index contributed by atoms with van der Waals surface area (Å²) in [5.41, 5.74) is 3.90. The maximum Gasteiger partial charge on any atom is 0.242 e. The van der Waals surface area contributed by atoms with E-state index in [9.17, 15) is 13.2 Å². The van der Waals surface area contributed by atoms with Gasteiger partial charge in [0.2, 0.25) is 10.0 Å². The number of hydrogen-bond donors (Lipinski definition) is 1. The van der Waals surface area contributed by atoms with Crippen molar-refractivity contribution >= 4 is 27.2 Å². The van der Waals surface area contributed by atoms with Crippen LogP contribution in [-0.2, 0) is 10.0 Å². The lowest BCUT2D eigenvalue weighted by atomic mass is 10.1. The SMILES string of the molecule is Cc1ccc(-c2[nH]c3ccc(S(=O)(=O)N(C)C)cc3c2C=O)cc1. The van der Waals surface area contributed by atoms with E-state index >= 15 is 0 Å². The van der Waals surface area contributed by atoms with E-state index in [1.54, 1.807) is 18.2 Å². The molecule has 3 aromatic rings. The van der Waals surface area contributed by atoms with Crippen molar-refractivity contribution in [3.63, 3.8) is 0 Å². The predicted octanol–water partition coefficient (Wildman–Crippen LogP) is 3.21. The van der Waals surface area contributed by atoms with Gasteiger partial charge in [-0.25, -0.2) is 12.7 Å². The Kier molecular flexibility index (Phi) is 4.03. The molecule has 5 nitrogen and oxygen atoms in total. The Morgan fingerprint density at radius 2 is 1.71 bits per heavy atom. The minimum atomic E-state index is -3.55. The minimum absolute atomic E-state index is 0.164. The molecule has 0 aliphatic carbocycles. The number of nitrogens with one attached hydrogen (secondary N) is 1. The predicted molar refractivity (Wildman–Crippen MR) is 94.7 cm³/mol. The van der Waals surface area contributed by atoms with Crippen LogP contribution in [-0.4, -0.2) is 38.1 Å². The molecule has 0 atom stereocenters. The molecule has 6 heteroatoms. The second-order valence-electron chi connectivity index (χ2n) is 5.89. The van der Waals surface area contributed by atoms with Crippen LogP contribution < -0.4 is 0 Å². The summed E-state index contributed by atoms with van der Waals surface area (Å²) in [5, 5.41) is 0.600. The first kappa shape index (κ1) is 16.4. The molecule has 0 fully saturated rings. The number of carbonyl (C=O) groups excluding carboxylic acids is 1. The third-order valence-electron chi connectivity index (χ3n) is 4.05. The average Bonchev–Trinajstić information content (AvgIpc) is 2.92. The number of carbonyl (C=O) groups is 1. The standard InChI is InChI=1S/C18H18N2O3S/c1-12-4-6-13(7-5-12)18-16(11-21)15-10-14(8-9-17(15)19-18)24(22,23)20(2)3/h4-11,19H,1-3H3. The summed E-state index contributed by atoms with van der Waals surface area (Å²) in [6.45, 7) is 1.99. The number of aromatic amines is 1. The van der Waals surface area contributed by atoms with Crippen LogP contribution in [0.2, 0.25) is 0 Å². The molecule has 1 heterocycles. The Balaban J connectivity index is 2.24. The van der Waals surface area contributed by atoms with Crippen molar-refractivity contribution in [2.75, 3.05) is 14.1 Å². The number of nitrogens with zero attached hydrogens (tertiary/aromatic N) is 1. The van der Waals surface area contributed by atoms with Crippen LogP contribution in [0.1, 0.15) is 15.9 Å². The van der Waals surface area contributed by atoms with Crippen molar-refractivity contribution in [2.24, 2.45) is 0 Å². The number of aromatic nitrogens is 1. The molecule has 1 aromatic heterocycles. The molecule has 1 N–H and O–H groups in total. The van der Waals surface area contributed by atoms with Gasteiger partial charge in [0.1, 0.15) is 0 Å². The number of aryl methyl sites for hydroxylation is 1. The van der Waals surface area contributed by atoms with Crippen LogP contribution in [0, 0.1) is 6.92 Å². The number of benzene rings is 2. The summed E-state index contributed by atoms with van der Waals surface area (Å²) in [7, 11) is -0.588. The highest BCUT2D eigenvalue weighted by Crippen LogP contribution is 2.31. The Labute approximate surface area is 141 Å². The first-order valence-electron chi connectivity index (χ1n) is 7.45. The molecule has 2 aromatic carbocycles. The van der Waals surface area contributed by atoms with E-state index in [0.717, 1.165) is 27.2 Å².